The molecule has 9 nitrogen and oxygen atoms in total. The number of carbonyl (C=O) groups is 5. The fourth-order valence-corrected chi connectivity index (χ4v) is 8.73. The Kier molecular flexibility index (Phi) is 8.39. The summed E-state index contributed by atoms with van der Waals surface area (Å²) in [6, 6.07) is 0. The number of carbonyl (C=O) groups excluding carboxylic acids is 5. The molecule has 0 radical (unpaired) electrons. The van der Waals surface area contributed by atoms with E-state index in [2.05, 4.69) is 0 Å². The molecule has 0 spiro atoms. The van der Waals surface area contributed by atoms with Crippen LogP contribution in [-0.4, -0.2) is 51.5 Å². The summed E-state index contributed by atoms with van der Waals surface area (Å²) in [4.78, 5) is 63.3. The lowest BCUT2D eigenvalue weighted by Crippen LogP contribution is -2.66. The van der Waals surface area contributed by atoms with Gasteiger partial charge in [-0.1, -0.05) is 53.2 Å². The molecule has 10 heteroatoms. The number of hydrogen-bond donors (Lipinski definition) is 1. The van der Waals surface area contributed by atoms with E-state index < -0.39 is 57.4 Å². The monoisotopic (exact) mass is 592 g/mol. The van der Waals surface area contributed by atoms with Crippen LogP contribution in [0.5, 0.6) is 0 Å². The number of hydrogen-bond acceptors (Lipinski definition) is 9. The predicted octanol–water partition coefficient (Wildman–Crippen LogP) is 4.57. The molecule has 0 bridgehead atoms. The van der Waals surface area contributed by atoms with Crippen molar-refractivity contribution in [3.05, 3.63) is 23.8 Å². The Morgan fingerprint density at radius 3 is 2.05 bits per heavy atom. The molecule has 2 unspecified atom stereocenters. The van der Waals surface area contributed by atoms with E-state index in [1.807, 2.05) is 20.8 Å². The van der Waals surface area contributed by atoms with Gasteiger partial charge in [-0.3, -0.25) is 24.0 Å². The topological polar surface area (TPSA) is 133 Å². The number of ketones is 2. The molecule has 226 valence electrons. The van der Waals surface area contributed by atoms with Crippen molar-refractivity contribution in [2.75, 3.05) is 0 Å². The fraction of sp³-hybridized carbons (Fsp3) is 0.710. The third-order valence-electron chi connectivity index (χ3n) is 10.2. The van der Waals surface area contributed by atoms with Crippen molar-refractivity contribution >= 4 is 41.1 Å². The lowest BCUT2D eigenvalue weighted by atomic mass is 9.46. The van der Waals surface area contributed by atoms with Gasteiger partial charge in [-0.05, 0) is 61.0 Å². The largest absolute Gasteiger partial charge is 0.489 e. The smallest absolute Gasteiger partial charge is 0.391 e. The second kappa shape index (κ2) is 11.0. The molecule has 0 aliphatic heterocycles. The summed E-state index contributed by atoms with van der Waals surface area (Å²) in [6.45, 7) is 10.3. The highest BCUT2D eigenvalue weighted by molar-refractivity contribution is 6.26. The Labute approximate surface area is 246 Å². The van der Waals surface area contributed by atoms with Crippen molar-refractivity contribution in [2.24, 2.45) is 34.5 Å². The first kappa shape index (κ1) is 31.4. The molecule has 0 amide bonds. The van der Waals surface area contributed by atoms with Crippen molar-refractivity contribution in [1.29, 1.82) is 0 Å². The predicted molar refractivity (Wildman–Crippen MR) is 148 cm³/mol. The van der Waals surface area contributed by atoms with Gasteiger partial charge in [0.1, 0.15) is 0 Å². The summed E-state index contributed by atoms with van der Waals surface area (Å²) in [6.07, 6.45) is 5.34. The highest BCUT2D eigenvalue weighted by Crippen LogP contribution is 2.70. The van der Waals surface area contributed by atoms with Gasteiger partial charge in [0.25, 0.3) is 5.78 Å². The Bertz CT molecular complexity index is 1160. The quantitative estimate of drug-likeness (QED) is 0.244. The first-order chi connectivity index (χ1) is 19.1. The van der Waals surface area contributed by atoms with E-state index in [1.54, 1.807) is 12.2 Å². The van der Waals surface area contributed by atoms with E-state index in [0.29, 0.717) is 19.3 Å². The third kappa shape index (κ3) is 4.77. The molecule has 0 aromatic heterocycles. The SMILES string of the molecule is CCC(=O)OC(OC(=O)CC)(OC(=O)CC)C(=O)[C@H]1C(C)C[C@H]2[C@@H]3CCC4=CC(=O)C=C[C@]4(C)[C@@]3(Cl)C(O)C[C@]12C. The Morgan fingerprint density at radius 2 is 1.54 bits per heavy atom. The number of rotatable bonds is 8. The molecule has 0 saturated heterocycles. The van der Waals surface area contributed by atoms with Crippen LogP contribution >= 0.6 is 11.6 Å². The molecule has 4 aliphatic carbocycles. The zero-order valence-corrected chi connectivity index (χ0v) is 25.4. The second-order valence-electron chi connectivity index (χ2n) is 12.4. The van der Waals surface area contributed by atoms with Crippen LogP contribution < -0.4 is 0 Å². The average Bonchev–Trinajstić information content (AvgIpc) is 3.18. The third-order valence-corrected chi connectivity index (χ3v) is 11.1. The molecule has 4 rings (SSSR count). The Hall–Kier alpha value is -2.52. The van der Waals surface area contributed by atoms with Gasteiger partial charge in [0.15, 0.2) is 5.78 Å². The van der Waals surface area contributed by atoms with E-state index >= 15 is 0 Å². The number of aliphatic hydroxyl groups excluding tert-OH is 1. The number of allylic oxidation sites excluding steroid dienone is 4. The summed E-state index contributed by atoms with van der Waals surface area (Å²) in [5.74, 6) is -7.99. The van der Waals surface area contributed by atoms with Crippen LogP contribution in [0.1, 0.15) is 86.5 Å². The van der Waals surface area contributed by atoms with Crippen molar-refractivity contribution in [1.82, 2.24) is 0 Å². The Morgan fingerprint density at radius 1 is 1.00 bits per heavy atom. The maximum absolute atomic E-state index is 14.6. The lowest BCUT2D eigenvalue weighted by Gasteiger charge is -2.63. The summed E-state index contributed by atoms with van der Waals surface area (Å²) in [7, 11) is 0. The van der Waals surface area contributed by atoms with E-state index in [-0.39, 0.29) is 49.2 Å². The van der Waals surface area contributed by atoms with Crippen LogP contribution in [0.3, 0.4) is 0 Å². The first-order valence-electron chi connectivity index (χ1n) is 14.6. The molecule has 1 N–H and O–H groups in total. The van der Waals surface area contributed by atoms with Crippen LogP contribution in [0.25, 0.3) is 0 Å². The zero-order chi connectivity index (χ0) is 30.5. The van der Waals surface area contributed by atoms with Gasteiger partial charge in [0.2, 0.25) is 0 Å². The number of alkyl halides is 1. The summed E-state index contributed by atoms with van der Waals surface area (Å²) < 4.78 is 16.3. The highest BCUT2D eigenvalue weighted by atomic mass is 35.5. The summed E-state index contributed by atoms with van der Waals surface area (Å²) in [5, 5.41) is 11.8. The van der Waals surface area contributed by atoms with Crippen LogP contribution in [0.15, 0.2) is 23.8 Å². The highest BCUT2D eigenvalue weighted by Gasteiger charge is 2.72. The molecular formula is C31H41ClO9. The van der Waals surface area contributed by atoms with Crippen molar-refractivity contribution in [3.8, 4) is 0 Å². The van der Waals surface area contributed by atoms with Crippen LogP contribution in [0.2, 0.25) is 0 Å². The molecule has 3 fully saturated rings. The molecule has 8 atom stereocenters. The summed E-state index contributed by atoms with van der Waals surface area (Å²) >= 11 is 7.50. The van der Waals surface area contributed by atoms with Crippen LogP contribution in [-0.2, 0) is 38.2 Å². The molecule has 0 aromatic rings. The number of fused-ring (bicyclic) bond motifs is 5. The van der Waals surface area contributed by atoms with Crippen molar-refractivity contribution in [3.63, 3.8) is 0 Å². The van der Waals surface area contributed by atoms with Crippen LogP contribution in [0, 0.1) is 34.5 Å². The van der Waals surface area contributed by atoms with Crippen LogP contribution in [0.4, 0.5) is 0 Å². The van der Waals surface area contributed by atoms with Gasteiger partial charge in [-0.25, -0.2) is 0 Å². The minimum atomic E-state index is -2.87. The first-order valence-corrected chi connectivity index (χ1v) is 15.0. The molecule has 0 aromatic carbocycles. The lowest BCUT2D eigenvalue weighted by molar-refractivity contribution is -0.314. The minimum absolute atomic E-state index is 0.104. The number of halogens is 1. The van der Waals surface area contributed by atoms with E-state index in [0.717, 1.165) is 5.57 Å². The van der Waals surface area contributed by atoms with Gasteiger partial charge < -0.3 is 19.3 Å². The molecule has 41 heavy (non-hydrogen) atoms. The number of Topliss-reactive ketones (excluding diaryl/α,β-unsaturated/α-hetero) is 1. The minimum Gasteiger partial charge on any atom is -0.391 e. The van der Waals surface area contributed by atoms with E-state index in [4.69, 9.17) is 25.8 Å². The van der Waals surface area contributed by atoms with E-state index in [9.17, 15) is 29.1 Å². The van der Waals surface area contributed by atoms with Gasteiger partial charge in [-0.2, -0.15) is 0 Å². The standard InChI is InChI=1S/C31H41ClO9/c1-7-23(35)39-31(40-24(36)8-2,41-25(37)9-3)27(38)26-17(4)14-21-20-11-10-18-15-19(33)12-13-29(18,6)30(20,32)22(34)16-28(21,26)5/h12-13,15,17,20-22,26,34H,7-11,14,16H2,1-6H3/t17?,20-,21-,22?,26+,28-,29-,30-/m0/s1. The Balaban J connectivity index is 1.79. The van der Waals surface area contributed by atoms with E-state index in [1.165, 1.54) is 26.8 Å². The van der Waals surface area contributed by atoms with Gasteiger partial charge in [0.05, 0.1) is 11.0 Å². The number of ether oxygens (including phenoxy) is 3. The molecule has 3 saturated carbocycles. The average molecular weight is 593 g/mol. The van der Waals surface area contributed by atoms with Gasteiger partial charge >= 0.3 is 23.9 Å². The van der Waals surface area contributed by atoms with Gasteiger partial charge in [-0.15, -0.1) is 11.6 Å². The molecule has 4 aliphatic rings. The maximum Gasteiger partial charge on any atom is 0.489 e. The van der Waals surface area contributed by atoms with Crippen molar-refractivity contribution < 1.29 is 43.3 Å². The summed E-state index contributed by atoms with van der Waals surface area (Å²) in [5.41, 5.74) is -0.724. The molecular weight excluding hydrogens is 552 g/mol. The van der Waals surface area contributed by atoms with Crippen molar-refractivity contribution in [2.45, 2.75) is 103 Å². The maximum atomic E-state index is 14.6. The van der Waals surface area contributed by atoms with Gasteiger partial charge in [0, 0.05) is 30.6 Å². The molecule has 0 heterocycles. The number of esters is 3. The second-order valence-corrected chi connectivity index (χ2v) is 13.1. The number of aliphatic hydroxyl groups is 1. The zero-order valence-electron chi connectivity index (χ0n) is 24.7. The fourth-order valence-electron chi connectivity index (χ4n) is 8.21. The normalized spacial score (nSPS) is 37.7.